The molecule has 1 aliphatic rings. The molecular formula is C33H29Cl3Ti. The molecule has 37 heavy (non-hydrogen) atoms. The molecule has 0 fully saturated rings. The summed E-state index contributed by atoms with van der Waals surface area (Å²) in [6.07, 6.45) is 7.21. The molecule has 0 aromatic heterocycles. The molecule has 186 valence electrons. The van der Waals surface area contributed by atoms with Gasteiger partial charge in [0.05, 0.1) is 0 Å². The fourth-order valence-electron chi connectivity index (χ4n) is 5.46. The van der Waals surface area contributed by atoms with Gasteiger partial charge in [-0.15, -0.1) is 0 Å². The third-order valence-corrected chi connectivity index (χ3v) is 8.06. The van der Waals surface area contributed by atoms with Crippen LogP contribution in [0.2, 0.25) is 3.72 Å². The molecule has 4 heteroatoms. The fraction of sp³-hybridized carbons (Fsp3) is 0.152. The molecule has 0 heterocycles. The summed E-state index contributed by atoms with van der Waals surface area (Å²) in [5, 5.41) is 0. The largest absolute Gasteiger partial charge is 1.00 e. The zero-order valence-electron chi connectivity index (χ0n) is 21.2. The molecule has 0 saturated heterocycles. The maximum Gasteiger partial charge on any atom is -1.00 e. The van der Waals surface area contributed by atoms with Crippen LogP contribution in [-0.4, -0.2) is 0 Å². The van der Waals surface area contributed by atoms with Crippen LogP contribution in [0.5, 0.6) is 0 Å². The van der Waals surface area contributed by atoms with Crippen molar-refractivity contribution in [3.8, 4) is 0 Å². The Balaban J connectivity index is 0.00000160. The van der Waals surface area contributed by atoms with Crippen LogP contribution in [0.1, 0.15) is 38.9 Å². The van der Waals surface area contributed by atoms with Crippen molar-refractivity contribution in [3.05, 3.63) is 160 Å². The second-order valence-corrected chi connectivity index (χ2v) is 10.8. The molecular weight excluding hydrogens is 551 g/mol. The van der Waals surface area contributed by atoms with Crippen LogP contribution in [0.25, 0.3) is 5.57 Å². The minimum atomic E-state index is -0.385. The summed E-state index contributed by atoms with van der Waals surface area (Å²) in [5.41, 5.74) is 9.95. The Morgan fingerprint density at radius 3 is 1.41 bits per heavy atom. The van der Waals surface area contributed by atoms with Gasteiger partial charge >= 0.3 is 216 Å². The van der Waals surface area contributed by atoms with Gasteiger partial charge in [0.15, 0.2) is 0 Å². The van der Waals surface area contributed by atoms with Gasteiger partial charge in [0.2, 0.25) is 0 Å². The molecule has 4 aromatic carbocycles. The van der Waals surface area contributed by atoms with Crippen LogP contribution >= 0.6 is 0 Å². The average Bonchev–Trinajstić information content (AvgIpc) is 3.23. The smallest absolute Gasteiger partial charge is 1.00 e. The zero-order valence-corrected chi connectivity index (χ0v) is 25.0. The number of halogens is 3. The topological polar surface area (TPSA) is 0 Å². The first-order valence-corrected chi connectivity index (χ1v) is 12.6. The summed E-state index contributed by atoms with van der Waals surface area (Å²) in [6, 6.07) is 38.0. The fourth-order valence-corrected chi connectivity index (χ4v) is 6.51. The number of rotatable bonds is 5. The van der Waals surface area contributed by atoms with Gasteiger partial charge in [-0.25, -0.2) is 0 Å². The summed E-state index contributed by atoms with van der Waals surface area (Å²) < 4.78 is -0.270. The van der Waals surface area contributed by atoms with E-state index in [1.807, 2.05) is 0 Å². The van der Waals surface area contributed by atoms with E-state index in [0.29, 0.717) is 0 Å². The van der Waals surface area contributed by atoms with Crippen LogP contribution in [0.4, 0.5) is 0 Å². The molecule has 0 nitrogen and oxygen atoms in total. The molecule has 1 atom stereocenters. The van der Waals surface area contributed by atoms with Gasteiger partial charge in [0.25, 0.3) is 0 Å². The van der Waals surface area contributed by atoms with Crippen molar-refractivity contribution in [2.24, 2.45) is 0 Å². The number of aryl methyl sites for hydroxylation is 3. The molecule has 0 spiro atoms. The molecule has 0 aliphatic heterocycles. The van der Waals surface area contributed by atoms with Crippen molar-refractivity contribution in [2.45, 2.75) is 29.9 Å². The van der Waals surface area contributed by atoms with Crippen LogP contribution < -0.4 is 37.2 Å². The average molecular weight is 580 g/mol. The molecule has 0 N–H and O–H groups in total. The standard InChI is InChI=1S/C33H29.3ClH.Ti/c1-24-10-7-15-29(20-24)33(30-16-8-11-25(2)21-30,31-17-9-12-26(3)22-31)32-19-18-28(23-32)27-13-5-4-6-14-27;;;;/h4-23H,1-3H3;3*1H;/q;;;;+3/p-3. The van der Waals surface area contributed by atoms with Gasteiger partial charge in [-0.1, -0.05) is 0 Å². The normalized spacial score (nSPS) is 16.2. The van der Waals surface area contributed by atoms with Crippen LogP contribution in [0, 0.1) is 20.8 Å². The predicted molar refractivity (Wildman–Crippen MR) is 140 cm³/mol. The van der Waals surface area contributed by atoms with E-state index < -0.39 is 0 Å². The van der Waals surface area contributed by atoms with Crippen LogP contribution in [0.15, 0.2) is 121 Å². The van der Waals surface area contributed by atoms with Crippen molar-refractivity contribution < 1.29 is 57.7 Å². The molecule has 1 unspecified atom stereocenters. The van der Waals surface area contributed by atoms with Gasteiger partial charge in [-0.3, -0.25) is 0 Å². The van der Waals surface area contributed by atoms with Gasteiger partial charge < -0.3 is 37.2 Å². The van der Waals surface area contributed by atoms with Crippen LogP contribution in [-0.2, 0) is 25.9 Å². The van der Waals surface area contributed by atoms with Crippen molar-refractivity contribution in [2.75, 3.05) is 0 Å². The zero-order chi connectivity index (χ0) is 23.8. The van der Waals surface area contributed by atoms with Gasteiger partial charge in [-0.2, -0.15) is 0 Å². The van der Waals surface area contributed by atoms with Crippen molar-refractivity contribution in [1.29, 1.82) is 0 Å². The summed E-state index contributed by atoms with van der Waals surface area (Å²) in [4.78, 5) is 0. The number of allylic oxidation sites excluding steroid dienone is 4. The van der Waals surface area contributed by atoms with E-state index in [1.165, 1.54) is 44.5 Å². The van der Waals surface area contributed by atoms with E-state index in [2.05, 4.69) is 163 Å². The molecule has 0 amide bonds. The van der Waals surface area contributed by atoms with Crippen molar-refractivity contribution in [1.82, 2.24) is 0 Å². The molecule has 0 bridgehead atoms. The first-order valence-electron chi connectivity index (χ1n) is 11.9. The quantitative estimate of drug-likeness (QED) is 0.217. The monoisotopic (exact) mass is 578 g/mol. The van der Waals surface area contributed by atoms with Gasteiger partial charge in [0.1, 0.15) is 0 Å². The summed E-state index contributed by atoms with van der Waals surface area (Å²) in [6.45, 7) is 6.58. The van der Waals surface area contributed by atoms with E-state index in [9.17, 15) is 0 Å². The van der Waals surface area contributed by atoms with Gasteiger partial charge in [-0.05, 0) is 0 Å². The van der Waals surface area contributed by atoms with E-state index >= 15 is 0 Å². The second kappa shape index (κ2) is 12.7. The number of benzene rings is 4. The SMILES string of the molecule is Cc1cccc(C(c2cccc(C)c2)(c2cccc(C)c2)[C]2([Ti+3])C=CC(c3ccccc3)=C2)c1.[Cl-].[Cl-].[Cl-]. The summed E-state index contributed by atoms with van der Waals surface area (Å²) >= 11 is 2.40. The number of hydrogen-bond acceptors (Lipinski definition) is 0. The first kappa shape index (κ1) is 31.2. The molecule has 1 aliphatic carbocycles. The Morgan fingerprint density at radius 2 is 1.00 bits per heavy atom. The molecule has 5 rings (SSSR count). The molecule has 0 saturated carbocycles. The van der Waals surface area contributed by atoms with Crippen molar-refractivity contribution >= 4 is 5.57 Å². The first-order chi connectivity index (χ1) is 16.4. The predicted octanol–water partition coefficient (Wildman–Crippen LogP) is -0.683. The Labute approximate surface area is 251 Å². The summed E-state index contributed by atoms with van der Waals surface area (Å²) in [5.74, 6) is 0. The van der Waals surface area contributed by atoms with Crippen LogP contribution in [0.3, 0.4) is 0 Å². The maximum absolute atomic E-state index is 2.48. The van der Waals surface area contributed by atoms with E-state index in [4.69, 9.17) is 0 Å². The minimum Gasteiger partial charge on any atom is -1.00 e. The second-order valence-electron chi connectivity index (χ2n) is 9.53. The Hall–Kier alpha value is -2.06. The van der Waals surface area contributed by atoms with Crippen molar-refractivity contribution in [3.63, 3.8) is 0 Å². The third kappa shape index (κ3) is 5.70. The Bertz CT molecular complexity index is 1300. The van der Waals surface area contributed by atoms with E-state index in [0.717, 1.165) is 0 Å². The third-order valence-electron chi connectivity index (χ3n) is 6.99. The maximum atomic E-state index is 2.48. The van der Waals surface area contributed by atoms with E-state index in [-0.39, 0.29) is 46.4 Å². The summed E-state index contributed by atoms with van der Waals surface area (Å²) in [7, 11) is 0. The van der Waals surface area contributed by atoms with E-state index in [1.54, 1.807) is 0 Å². The molecule has 0 radical (unpaired) electrons. The number of hydrogen-bond donors (Lipinski definition) is 0. The Morgan fingerprint density at radius 1 is 0.568 bits per heavy atom. The molecule has 4 aromatic rings. The van der Waals surface area contributed by atoms with Gasteiger partial charge in [0, 0.05) is 0 Å². The Kier molecular flexibility index (Phi) is 10.7. The minimum absolute atomic E-state index is 0.